The molecule has 0 saturated carbocycles. The van der Waals surface area contributed by atoms with Crippen LogP contribution in [0.4, 0.5) is 0 Å². The minimum Gasteiger partial charge on any atom is -0.493 e. The molecular weight excluding hydrogens is 342 g/mol. The van der Waals surface area contributed by atoms with E-state index in [1.807, 2.05) is 6.92 Å². The fourth-order valence-electron chi connectivity index (χ4n) is 2.88. The highest BCUT2D eigenvalue weighted by molar-refractivity contribution is 5.79. The van der Waals surface area contributed by atoms with E-state index in [4.69, 9.17) is 19.2 Å². The fraction of sp³-hybridized carbons (Fsp3) is 0.667. The quantitative estimate of drug-likeness (QED) is 0.353. The molecule has 2 rings (SSSR count). The molecule has 2 N–H and O–H groups in total. The largest absolute Gasteiger partial charge is 0.493 e. The first kappa shape index (κ1) is 21.5. The van der Waals surface area contributed by atoms with Crippen LogP contribution < -0.4 is 15.4 Å². The van der Waals surface area contributed by atoms with Gasteiger partial charge in [-0.2, -0.15) is 0 Å². The first-order valence-electron chi connectivity index (χ1n) is 10.1. The zero-order valence-electron chi connectivity index (χ0n) is 17.1. The number of guanidine groups is 1. The summed E-state index contributed by atoms with van der Waals surface area (Å²) in [6.07, 6.45) is 2.04. The Hall–Kier alpha value is -1.79. The van der Waals surface area contributed by atoms with E-state index in [9.17, 15) is 0 Å². The van der Waals surface area contributed by atoms with Crippen LogP contribution in [0.2, 0.25) is 0 Å². The van der Waals surface area contributed by atoms with Gasteiger partial charge in [0.15, 0.2) is 5.96 Å². The number of hydrogen-bond acceptors (Lipinski definition) is 4. The Morgan fingerprint density at radius 1 is 1.30 bits per heavy atom. The number of rotatable bonds is 11. The topological polar surface area (TPSA) is 64.1 Å². The predicted molar refractivity (Wildman–Crippen MR) is 110 cm³/mol. The van der Waals surface area contributed by atoms with Gasteiger partial charge in [-0.25, -0.2) is 4.99 Å². The first-order valence-corrected chi connectivity index (χ1v) is 10.1. The van der Waals surface area contributed by atoms with E-state index >= 15 is 0 Å². The third kappa shape index (κ3) is 8.18. The van der Waals surface area contributed by atoms with E-state index in [1.165, 1.54) is 5.56 Å². The van der Waals surface area contributed by atoms with Crippen molar-refractivity contribution in [3.8, 4) is 5.75 Å². The Bertz CT molecular complexity index is 572. The highest BCUT2D eigenvalue weighted by atomic mass is 16.5. The molecule has 1 aliphatic rings. The Morgan fingerprint density at radius 2 is 2.19 bits per heavy atom. The Kier molecular flexibility index (Phi) is 10.0. The molecule has 0 bridgehead atoms. The molecule has 1 atom stereocenters. The maximum absolute atomic E-state index is 6.11. The van der Waals surface area contributed by atoms with Gasteiger partial charge in [0.2, 0.25) is 0 Å². The maximum atomic E-state index is 6.11. The molecular formula is C21H35N3O3. The number of ether oxygens (including phenoxy) is 3. The van der Waals surface area contributed by atoms with Gasteiger partial charge in [-0.1, -0.05) is 12.1 Å². The normalized spacial score (nSPS) is 17.1. The summed E-state index contributed by atoms with van der Waals surface area (Å²) < 4.78 is 16.9. The van der Waals surface area contributed by atoms with Crippen molar-refractivity contribution in [2.24, 2.45) is 10.9 Å². The molecule has 27 heavy (non-hydrogen) atoms. The lowest BCUT2D eigenvalue weighted by molar-refractivity contribution is 0.145. The van der Waals surface area contributed by atoms with Crippen LogP contribution in [0, 0.1) is 12.8 Å². The van der Waals surface area contributed by atoms with Gasteiger partial charge in [0.25, 0.3) is 0 Å². The first-order chi connectivity index (χ1) is 13.2. The third-order valence-electron chi connectivity index (χ3n) is 4.43. The number of aliphatic imine (C=N–C) groups is 1. The summed E-state index contributed by atoms with van der Waals surface area (Å²) in [5, 5.41) is 6.65. The van der Waals surface area contributed by atoms with Crippen molar-refractivity contribution < 1.29 is 14.2 Å². The van der Waals surface area contributed by atoms with E-state index in [0.29, 0.717) is 19.1 Å². The summed E-state index contributed by atoms with van der Waals surface area (Å²) in [6.45, 7) is 12.3. The van der Waals surface area contributed by atoms with Crippen molar-refractivity contribution in [1.29, 1.82) is 0 Å². The van der Waals surface area contributed by atoms with E-state index < -0.39 is 0 Å². The molecule has 6 heteroatoms. The SMILES string of the molecule is CCNC(=NCc1ccc(C)cc1OCC1CCOC1)NCCCOCC. The molecule has 0 radical (unpaired) electrons. The highest BCUT2D eigenvalue weighted by Crippen LogP contribution is 2.23. The van der Waals surface area contributed by atoms with Crippen LogP contribution in [0.3, 0.4) is 0 Å². The van der Waals surface area contributed by atoms with Gasteiger partial charge in [0.05, 0.1) is 19.8 Å². The third-order valence-corrected chi connectivity index (χ3v) is 4.43. The zero-order chi connectivity index (χ0) is 19.3. The summed E-state index contributed by atoms with van der Waals surface area (Å²) in [4.78, 5) is 4.72. The number of nitrogens with one attached hydrogen (secondary N) is 2. The Labute approximate surface area is 163 Å². The zero-order valence-corrected chi connectivity index (χ0v) is 17.1. The number of benzene rings is 1. The molecule has 0 aromatic heterocycles. The van der Waals surface area contributed by atoms with Gasteiger partial charge in [0.1, 0.15) is 5.75 Å². The van der Waals surface area contributed by atoms with E-state index in [1.54, 1.807) is 0 Å². The maximum Gasteiger partial charge on any atom is 0.191 e. The smallest absolute Gasteiger partial charge is 0.191 e. The van der Waals surface area contributed by atoms with Crippen molar-refractivity contribution in [3.63, 3.8) is 0 Å². The van der Waals surface area contributed by atoms with E-state index in [2.05, 4.69) is 42.7 Å². The lowest BCUT2D eigenvalue weighted by Crippen LogP contribution is -2.38. The minimum absolute atomic E-state index is 0.492. The molecule has 1 unspecified atom stereocenters. The Balaban J connectivity index is 1.92. The monoisotopic (exact) mass is 377 g/mol. The second kappa shape index (κ2) is 12.6. The van der Waals surface area contributed by atoms with Gasteiger partial charge in [0, 0.05) is 44.4 Å². The molecule has 1 saturated heterocycles. The molecule has 0 spiro atoms. The summed E-state index contributed by atoms with van der Waals surface area (Å²) in [6, 6.07) is 6.32. The Morgan fingerprint density at radius 3 is 2.93 bits per heavy atom. The van der Waals surface area contributed by atoms with Crippen molar-refractivity contribution in [1.82, 2.24) is 10.6 Å². The van der Waals surface area contributed by atoms with Crippen LogP contribution in [0.25, 0.3) is 0 Å². The molecule has 152 valence electrons. The van der Waals surface area contributed by atoms with Gasteiger partial charge in [-0.05, 0) is 45.2 Å². The molecule has 1 aromatic carbocycles. The minimum atomic E-state index is 0.492. The van der Waals surface area contributed by atoms with Crippen LogP contribution in [0.15, 0.2) is 23.2 Å². The van der Waals surface area contributed by atoms with E-state index in [-0.39, 0.29) is 0 Å². The van der Waals surface area contributed by atoms with Gasteiger partial charge in [-0.15, -0.1) is 0 Å². The van der Waals surface area contributed by atoms with Crippen LogP contribution in [0.1, 0.15) is 37.8 Å². The lowest BCUT2D eigenvalue weighted by atomic mass is 10.1. The average Bonchev–Trinajstić information content (AvgIpc) is 3.18. The summed E-state index contributed by atoms with van der Waals surface area (Å²) in [7, 11) is 0. The molecule has 0 aliphatic carbocycles. The molecule has 0 amide bonds. The van der Waals surface area contributed by atoms with Crippen LogP contribution in [-0.4, -0.2) is 52.1 Å². The number of nitrogens with zero attached hydrogens (tertiary/aromatic N) is 1. The molecule has 1 heterocycles. The lowest BCUT2D eigenvalue weighted by Gasteiger charge is -2.15. The number of aryl methyl sites for hydroxylation is 1. The summed E-state index contributed by atoms with van der Waals surface area (Å²) in [5.41, 5.74) is 2.30. The van der Waals surface area contributed by atoms with Gasteiger partial charge in [-0.3, -0.25) is 0 Å². The second-order valence-electron chi connectivity index (χ2n) is 6.82. The average molecular weight is 378 g/mol. The van der Waals surface area contributed by atoms with Crippen molar-refractivity contribution in [2.75, 3.05) is 46.1 Å². The van der Waals surface area contributed by atoms with E-state index in [0.717, 1.165) is 69.6 Å². The predicted octanol–water partition coefficient (Wildman–Crippen LogP) is 2.89. The van der Waals surface area contributed by atoms with Gasteiger partial charge >= 0.3 is 0 Å². The van der Waals surface area contributed by atoms with Crippen LogP contribution in [0.5, 0.6) is 5.75 Å². The summed E-state index contributed by atoms with van der Waals surface area (Å²) >= 11 is 0. The molecule has 6 nitrogen and oxygen atoms in total. The number of hydrogen-bond donors (Lipinski definition) is 2. The van der Waals surface area contributed by atoms with Crippen molar-refractivity contribution in [3.05, 3.63) is 29.3 Å². The second-order valence-corrected chi connectivity index (χ2v) is 6.82. The van der Waals surface area contributed by atoms with Crippen LogP contribution >= 0.6 is 0 Å². The van der Waals surface area contributed by atoms with Gasteiger partial charge < -0.3 is 24.8 Å². The summed E-state index contributed by atoms with van der Waals surface area (Å²) in [5.74, 6) is 2.24. The van der Waals surface area contributed by atoms with Crippen molar-refractivity contribution in [2.45, 2.75) is 40.2 Å². The van der Waals surface area contributed by atoms with Crippen LogP contribution in [-0.2, 0) is 16.0 Å². The molecule has 1 aliphatic heterocycles. The standard InChI is InChI=1S/C21H35N3O3/c1-4-22-21(23-10-6-11-25-5-2)24-14-19-8-7-17(3)13-20(19)27-16-18-9-12-26-15-18/h7-8,13,18H,4-6,9-12,14-16H2,1-3H3,(H2,22,23,24). The fourth-order valence-corrected chi connectivity index (χ4v) is 2.88. The molecule has 1 fully saturated rings. The molecule has 1 aromatic rings. The highest BCUT2D eigenvalue weighted by Gasteiger charge is 2.17. The van der Waals surface area contributed by atoms with Crippen molar-refractivity contribution >= 4 is 5.96 Å².